The van der Waals surface area contributed by atoms with Crippen molar-refractivity contribution in [3.8, 4) is 0 Å². The lowest BCUT2D eigenvalue weighted by molar-refractivity contribution is -0.145. The third kappa shape index (κ3) is 2.01. The van der Waals surface area contributed by atoms with Gasteiger partial charge in [0.25, 0.3) is 0 Å². The molecule has 3 heteroatoms. The second-order valence-electron chi connectivity index (χ2n) is 2.42. The smallest absolute Gasteiger partial charge is 0.322 e. The number of hydrogen-bond donors (Lipinski definition) is 1. The van der Waals surface area contributed by atoms with Gasteiger partial charge in [0.05, 0.1) is 0 Å². The molecule has 1 saturated carbocycles. The van der Waals surface area contributed by atoms with E-state index in [1.165, 1.54) is 0 Å². The lowest BCUT2D eigenvalue weighted by Gasteiger charge is -2.03. The Morgan fingerprint density at radius 2 is 2.33 bits per heavy atom. The summed E-state index contributed by atoms with van der Waals surface area (Å²) in [4.78, 5) is 10.6. The molecule has 1 unspecified atom stereocenters. The fourth-order valence-corrected chi connectivity index (χ4v) is 0.457. The van der Waals surface area contributed by atoms with E-state index in [4.69, 9.17) is 10.5 Å². The van der Waals surface area contributed by atoms with Gasteiger partial charge < -0.3 is 10.5 Å². The highest BCUT2D eigenvalue weighted by molar-refractivity contribution is 5.75. The van der Waals surface area contributed by atoms with Gasteiger partial charge in [-0.25, -0.2) is 0 Å². The summed E-state index contributed by atoms with van der Waals surface area (Å²) in [6.07, 6.45) is 2.21. The minimum absolute atomic E-state index is 0.184. The second kappa shape index (κ2) is 2.35. The van der Waals surface area contributed by atoms with Gasteiger partial charge in [-0.1, -0.05) is 0 Å². The molecule has 0 aromatic rings. The summed E-state index contributed by atoms with van der Waals surface area (Å²) in [7, 11) is 0. The van der Waals surface area contributed by atoms with Crippen LogP contribution < -0.4 is 5.73 Å². The number of rotatable bonds is 2. The number of carbonyl (C=O) groups excluding carboxylic acids is 1. The third-order valence-electron chi connectivity index (χ3n) is 1.18. The molecular weight excluding hydrogens is 118 g/mol. The predicted octanol–water partition coefficient (Wildman–Crippen LogP) is 0.0392. The van der Waals surface area contributed by atoms with Gasteiger partial charge >= 0.3 is 5.97 Å². The Bertz CT molecular complexity index is 118. The lowest BCUT2D eigenvalue weighted by atomic mass is 10.4. The second-order valence-corrected chi connectivity index (χ2v) is 2.42. The fourth-order valence-electron chi connectivity index (χ4n) is 0.457. The Morgan fingerprint density at radius 3 is 2.67 bits per heavy atom. The van der Waals surface area contributed by atoms with Crippen LogP contribution in [0.25, 0.3) is 0 Å². The van der Waals surface area contributed by atoms with Gasteiger partial charge in [0.1, 0.15) is 12.1 Å². The average Bonchev–Trinajstić information content (AvgIpc) is 2.50. The number of nitrogens with two attached hydrogens (primary N) is 1. The van der Waals surface area contributed by atoms with Crippen LogP contribution in [0.1, 0.15) is 19.8 Å². The minimum atomic E-state index is -0.467. The zero-order chi connectivity index (χ0) is 6.85. The first kappa shape index (κ1) is 6.55. The molecule has 1 aliphatic carbocycles. The van der Waals surface area contributed by atoms with Crippen LogP contribution in [0, 0.1) is 0 Å². The van der Waals surface area contributed by atoms with Crippen LogP contribution in [0.4, 0.5) is 0 Å². The maximum absolute atomic E-state index is 10.6. The fraction of sp³-hybridized carbons (Fsp3) is 0.833. The van der Waals surface area contributed by atoms with Crippen molar-refractivity contribution in [2.24, 2.45) is 5.73 Å². The molecule has 9 heavy (non-hydrogen) atoms. The van der Waals surface area contributed by atoms with E-state index in [0.29, 0.717) is 0 Å². The van der Waals surface area contributed by atoms with Gasteiger partial charge in [0, 0.05) is 0 Å². The minimum Gasteiger partial charge on any atom is -0.461 e. The molecule has 0 bridgehead atoms. The number of ether oxygens (including phenoxy) is 1. The highest BCUT2D eigenvalue weighted by atomic mass is 16.5. The van der Waals surface area contributed by atoms with Crippen molar-refractivity contribution in [2.75, 3.05) is 0 Å². The average molecular weight is 129 g/mol. The van der Waals surface area contributed by atoms with Gasteiger partial charge in [-0.05, 0) is 19.8 Å². The van der Waals surface area contributed by atoms with Gasteiger partial charge in [0.15, 0.2) is 0 Å². The van der Waals surface area contributed by atoms with Crippen molar-refractivity contribution in [3.05, 3.63) is 0 Å². The van der Waals surface area contributed by atoms with Crippen LogP contribution in [0.5, 0.6) is 0 Å². The molecule has 1 aliphatic rings. The molecule has 1 fully saturated rings. The molecule has 1 atom stereocenters. The van der Waals surface area contributed by atoms with E-state index in [1.54, 1.807) is 6.92 Å². The van der Waals surface area contributed by atoms with Gasteiger partial charge in [-0.3, -0.25) is 4.79 Å². The summed E-state index contributed by atoms with van der Waals surface area (Å²) < 4.78 is 4.86. The van der Waals surface area contributed by atoms with E-state index in [0.717, 1.165) is 12.8 Å². The van der Waals surface area contributed by atoms with Gasteiger partial charge in [0.2, 0.25) is 0 Å². The molecule has 0 aromatic heterocycles. The summed E-state index contributed by atoms with van der Waals surface area (Å²) in [5.74, 6) is -0.280. The van der Waals surface area contributed by atoms with Crippen molar-refractivity contribution < 1.29 is 9.53 Å². The Morgan fingerprint density at radius 1 is 1.78 bits per heavy atom. The monoisotopic (exact) mass is 129 g/mol. The molecule has 0 spiro atoms. The first-order valence-electron chi connectivity index (χ1n) is 3.16. The van der Waals surface area contributed by atoms with Crippen LogP contribution in [0.15, 0.2) is 0 Å². The Hall–Kier alpha value is -0.570. The SMILES string of the molecule is CC(N)C(=O)OC1CC1. The number of esters is 1. The van der Waals surface area contributed by atoms with Crippen molar-refractivity contribution in [1.29, 1.82) is 0 Å². The molecule has 3 nitrogen and oxygen atoms in total. The van der Waals surface area contributed by atoms with E-state index in [2.05, 4.69) is 0 Å². The summed E-state index contributed by atoms with van der Waals surface area (Å²) >= 11 is 0. The molecule has 0 saturated heterocycles. The largest absolute Gasteiger partial charge is 0.461 e. The molecule has 0 aliphatic heterocycles. The van der Waals surface area contributed by atoms with E-state index in [1.807, 2.05) is 0 Å². The molecular formula is C6H11NO2. The molecule has 0 radical (unpaired) electrons. The van der Waals surface area contributed by atoms with E-state index >= 15 is 0 Å². The van der Waals surface area contributed by atoms with E-state index in [-0.39, 0.29) is 12.1 Å². The summed E-state index contributed by atoms with van der Waals surface area (Å²) in [6, 6.07) is -0.467. The van der Waals surface area contributed by atoms with Crippen LogP contribution in [0.2, 0.25) is 0 Å². The van der Waals surface area contributed by atoms with Gasteiger partial charge in [-0.2, -0.15) is 0 Å². The van der Waals surface area contributed by atoms with Crippen LogP contribution >= 0.6 is 0 Å². The Kier molecular flexibility index (Phi) is 1.71. The van der Waals surface area contributed by atoms with Crippen LogP contribution in [-0.2, 0) is 9.53 Å². The normalized spacial score (nSPS) is 21.1. The topological polar surface area (TPSA) is 52.3 Å². The Labute approximate surface area is 54.2 Å². The molecule has 52 valence electrons. The molecule has 0 aromatic carbocycles. The number of hydrogen-bond acceptors (Lipinski definition) is 3. The zero-order valence-electron chi connectivity index (χ0n) is 5.46. The predicted molar refractivity (Wildman–Crippen MR) is 32.8 cm³/mol. The summed E-state index contributed by atoms with van der Waals surface area (Å²) in [5, 5.41) is 0. The first-order valence-corrected chi connectivity index (χ1v) is 3.16. The van der Waals surface area contributed by atoms with Crippen molar-refractivity contribution in [2.45, 2.75) is 31.9 Å². The maximum Gasteiger partial charge on any atom is 0.322 e. The first-order chi connectivity index (χ1) is 4.20. The lowest BCUT2D eigenvalue weighted by Crippen LogP contribution is -2.29. The zero-order valence-corrected chi connectivity index (χ0v) is 5.46. The van der Waals surface area contributed by atoms with Crippen molar-refractivity contribution in [1.82, 2.24) is 0 Å². The molecule has 0 heterocycles. The summed E-state index contributed by atoms with van der Waals surface area (Å²) in [5.41, 5.74) is 5.24. The quantitative estimate of drug-likeness (QED) is 0.535. The van der Waals surface area contributed by atoms with Crippen LogP contribution in [-0.4, -0.2) is 18.1 Å². The maximum atomic E-state index is 10.6. The Balaban J connectivity index is 2.17. The molecule has 1 rings (SSSR count). The van der Waals surface area contributed by atoms with Crippen molar-refractivity contribution >= 4 is 5.97 Å². The van der Waals surface area contributed by atoms with Crippen molar-refractivity contribution in [3.63, 3.8) is 0 Å². The highest BCUT2D eigenvalue weighted by Gasteiger charge is 2.26. The van der Waals surface area contributed by atoms with E-state index in [9.17, 15) is 4.79 Å². The standard InChI is InChI=1S/C6H11NO2/c1-4(7)6(8)9-5-2-3-5/h4-5H,2-3,7H2,1H3. The van der Waals surface area contributed by atoms with E-state index < -0.39 is 6.04 Å². The molecule has 2 N–H and O–H groups in total. The highest BCUT2D eigenvalue weighted by Crippen LogP contribution is 2.23. The van der Waals surface area contributed by atoms with Crippen LogP contribution in [0.3, 0.4) is 0 Å². The molecule has 0 amide bonds. The third-order valence-corrected chi connectivity index (χ3v) is 1.18. The van der Waals surface area contributed by atoms with Gasteiger partial charge in [-0.15, -0.1) is 0 Å². The summed E-state index contributed by atoms with van der Waals surface area (Å²) in [6.45, 7) is 1.63. The number of carbonyl (C=O) groups is 1.